The zero-order valence-corrected chi connectivity index (χ0v) is 9.09. The number of carboxylic acids is 1. The Morgan fingerprint density at radius 2 is 2.14 bits per heavy atom. The topological polar surface area (TPSA) is 102 Å². The van der Waals surface area contributed by atoms with Crippen molar-refractivity contribution in [2.24, 2.45) is 16.5 Å². The summed E-state index contributed by atoms with van der Waals surface area (Å²) in [5.41, 5.74) is 10.7. The molecule has 0 saturated heterocycles. The van der Waals surface area contributed by atoms with E-state index in [9.17, 15) is 4.79 Å². The van der Waals surface area contributed by atoms with Crippen LogP contribution >= 0.6 is 12.4 Å². The highest BCUT2D eigenvalue weighted by Crippen LogP contribution is 1.95. The summed E-state index contributed by atoms with van der Waals surface area (Å²) in [4.78, 5) is 14.3. The lowest BCUT2D eigenvalue weighted by molar-refractivity contribution is -0.138. The molecule has 0 aliphatic rings. The van der Waals surface area contributed by atoms with Crippen molar-refractivity contribution in [3.63, 3.8) is 0 Å². The number of carboxylic acid groups (broad SMARTS) is 1. The number of amidine groups is 1. The molecule has 0 bridgehead atoms. The zero-order chi connectivity index (χ0) is 10.3. The Morgan fingerprint density at radius 3 is 2.57 bits per heavy atom. The minimum Gasteiger partial charge on any atom is -0.480 e. The first kappa shape index (κ1) is 15.7. The summed E-state index contributed by atoms with van der Waals surface area (Å²) in [5.74, 6) is -0.365. The fourth-order valence-corrected chi connectivity index (χ4v) is 0.769. The standard InChI is InChI=1S/C8H17N3O2.ClH/c1-2-7(10)11-5-3-4-6(9)8(12)13;/h6H,2-5,9H2,1H3,(H2,10,11)(H,12,13);1H/t6-;/m0./s1. The van der Waals surface area contributed by atoms with Crippen molar-refractivity contribution in [1.29, 1.82) is 0 Å². The maximum absolute atomic E-state index is 10.3. The van der Waals surface area contributed by atoms with Gasteiger partial charge in [0.2, 0.25) is 0 Å². The van der Waals surface area contributed by atoms with E-state index < -0.39 is 12.0 Å². The molecule has 0 spiro atoms. The summed E-state index contributed by atoms with van der Waals surface area (Å²) < 4.78 is 0. The van der Waals surface area contributed by atoms with Gasteiger partial charge in [0.25, 0.3) is 0 Å². The quantitative estimate of drug-likeness (QED) is 0.344. The predicted octanol–water partition coefficient (Wildman–Crippen LogP) is 0.367. The Morgan fingerprint density at radius 1 is 1.57 bits per heavy atom. The second kappa shape index (κ2) is 8.77. The van der Waals surface area contributed by atoms with Crippen molar-refractivity contribution < 1.29 is 9.90 Å². The molecule has 0 radical (unpaired) electrons. The summed E-state index contributed by atoms with van der Waals surface area (Å²) in [6.45, 7) is 2.47. The smallest absolute Gasteiger partial charge is 0.320 e. The first-order valence-corrected chi connectivity index (χ1v) is 4.35. The first-order chi connectivity index (χ1) is 6.07. The van der Waals surface area contributed by atoms with Crippen molar-refractivity contribution in [2.75, 3.05) is 6.54 Å². The summed E-state index contributed by atoms with van der Waals surface area (Å²) in [7, 11) is 0. The largest absolute Gasteiger partial charge is 0.480 e. The van der Waals surface area contributed by atoms with Gasteiger partial charge in [-0.05, 0) is 12.8 Å². The Kier molecular flexibility index (Phi) is 9.81. The highest BCUT2D eigenvalue weighted by Gasteiger charge is 2.09. The van der Waals surface area contributed by atoms with E-state index in [2.05, 4.69) is 4.99 Å². The molecule has 0 heterocycles. The van der Waals surface area contributed by atoms with Gasteiger partial charge in [0.05, 0.1) is 5.84 Å². The highest BCUT2D eigenvalue weighted by molar-refractivity contribution is 5.85. The molecule has 5 N–H and O–H groups in total. The molecule has 5 nitrogen and oxygen atoms in total. The zero-order valence-electron chi connectivity index (χ0n) is 8.27. The van der Waals surface area contributed by atoms with Crippen LogP contribution in [0.2, 0.25) is 0 Å². The predicted molar refractivity (Wildman–Crippen MR) is 58.9 cm³/mol. The van der Waals surface area contributed by atoms with E-state index in [-0.39, 0.29) is 12.4 Å². The van der Waals surface area contributed by atoms with Crippen LogP contribution < -0.4 is 11.5 Å². The van der Waals surface area contributed by atoms with E-state index in [1.165, 1.54) is 0 Å². The second-order valence-corrected chi connectivity index (χ2v) is 2.81. The Bertz CT molecular complexity index is 197. The molecule has 84 valence electrons. The van der Waals surface area contributed by atoms with E-state index in [4.69, 9.17) is 16.6 Å². The third-order valence-electron chi connectivity index (χ3n) is 1.67. The number of aliphatic imine (C=N–C) groups is 1. The van der Waals surface area contributed by atoms with Gasteiger partial charge >= 0.3 is 5.97 Å². The molecule has 0 aromatic rings. The average Bonchev–Trinajstić information content (AvgIpc) is 2.11. The van der Waals surface area contributed by atoms with Crippen LogP contribution in [-0.4, -0.2) is 29.5 Å². The molecule has 0 aromatic carbocycles. The van der Waals surface area contributed by atoms with Gasteiger partial charge in [0, 0.05) is 13.0 Å². The number of halogens is 1. The summed E-state index contributed by atoms with van der Waals surface area (Å²) in [5, 5.41) is 8.45. The number of hydrogen-bond acceptors (Lipinski definition) is 3. The molecule has 1 atom stereocenters. The van der Waals surface area contributed by atoms with Crippen molar-refractivity contribution in [1.82, 2.24) is 0 Å². The lowest BCUT2D eigenvalue weighted by Gasteiger charge is -2.03. The average molecular weight is 224 g/mol. The first-order valence-electron chi connectivity index (χ1n) is 4.35. The molecule has 0 aliphatic carbocycles. The SMILES string of the molecule is CCC(N)=NCCC[C@H](N)C(=O)O.Cl. The van der Waals surface area contributed by atoms with Crippen LogP contribution in [0.1, 0.15) is 26.2 Å². The minimum atomic E-state index is -0.965. The van der Waals surface area contributed by atoms with Crippen LogP contribution in [0.25, 0.3) is 0 Å². The van der Waals surface area contributed by atoms with Gasteiger partial charge in [0.15, 0.2) is 0 Å². The number of hydrogen-bond donors (Lipinski definition) is 3. The monoisotopic (exact) mass is 223 g/mol. The van der Waals surface area contributed by atoms with Crippen LogP contribution in [0.4, 0.5) is 0 Å². The normalized spacial score (nSPS) is 13.1. The van der Waals surface area contributed by atoms with E-state index in [1.807, 2.05) is 6.92 Å². The van der Waals surface area contributed by atoms with Crippen LogP contribution in [-0.2, 0) is 4.79 Å². The van der Waals surface area contributed by atoms with Crippen LogP contribution in [0.3, 0.4) is 0 Å². The lowest BCUT2D eigenvalue weighted by Crippen LogP contribution is -2.30. The fourth-order valence-electron chi connectivity index (χ4n) is 0.769. The summed E-state index contributed by atoms with van der Waals surface area (Å²) in [6, 6.07) is -0.780. The van der Waals surface area contributed by atoms with Gasteiger partial charge in [-0.25, -0.2) is 0 Å². The molecule has 0 unspecified atom stereocenters. The maximum Gasteiger partial charge on any atom is 0.320 e. The lowest BCUT2D eigenvalue weighted by atomic mass is 10.2. The molecule has 0 fully saturated rings. The van der Waals surface area contributed by atoms with Crippen molar-refractivity contribution >= 4 is 24.2 Å². The molecule has 0 aromatic heterocycles. The second-order valence-electron chi connectivity index (χ2n) is 2.81. The molecule has 0 rings (SSSR count). The van der Waals surface area contributed by atoms with Crippen LogP contribution in [0, 0.1) is 0 Å². The molecule has 14 heavy (non-hydrogen) atoms. The Labute approximate surface area is 90.0 Å². The summed E-state index contributed by atoms with van der Waals surface area (Å²) >= 11 is 0. The van der Waals surface area contributed by atoms with E-state index in [1.54, 1.807) is 0 Å². The fraction of sp³-hybridized carbons (Fsp3) is 0.750. The molecule has 0 aliphatic heterocycles. The molecule has 0 amide bonds. The number of rotatable bonds is 6. The van der Waals surface area contributed by atoms with Crippen LogP contribution in [0.5, 0.6) is 0 Å². The van der Waals surface area contributed by atoms with Gasteiger partial charge in [-0.15, -0.1) is 12.4 Å². The minimum absolute atomic E-state index is 0. The van der Waals surface area contributed by atoms with Crippen LogP contribution in [0.15, 0.2) is 4.99 Å². The van der Waals surface area contributed by atoms with Crippen molar-refractivity contribution in [3.05, 3.63) is 0 Å². The number of aliphatic carboxylic acids is 1. The maximum atomic E-state index is 10.3. The number of nitrogens with two attached hydrogens (primary N) is 2. The van der Waals surface area contributed by atoms with Gasteiger partial charge in [0.1, 0.15) is 6.04 Å². The molecule has 6 heteroatoms. The van der Waals surface area contributed by atoms with Gasteiger partial charge in [-0.3, -0.25) is 9.79 Å². The van der Waals surface area contributed by atoms with Crippen molar-refractivity contribution in [3.8, 4) is 0 Å². The molecular weight excluding hydrogens is 206 g/mol. The third-order valence-corrected chi connectivity index (χ3v) is 1.67. The number of nitrogens with zero attached hydrogens (tertiary/aromatic N) is 1. The van der Waals surface area contributed by atoms with Gasteiger partial charge < -0.3 is 16.6 Å². The Balaban J connectivity index is 0. The van der Waals surface area contributed by atoms with Gasteiger partial charge in [-0.2, -0.15) is 0 Å². The van der Waals surface area contributed by atoms with E-state index in [0.717, 1.165) is 6.42 Å². The Hall–Kier alpha value is -0.810. The molecule has 0 saturated carbocycles. The van der Waals surface area contributed by atoms with Gasteiger partial charge in [-0.1, -0.05) is 6.92 Å². The summed E-state index contributed by atoms with van der Waals surface area (Å²) in [6.07, 6.45) is 1.83. The molecular formula is C8H18ClN3O2. The van der Waals surface area contributed by atoms with E-state index in [0.29, 0.717) is 25.2 Å². The van der Waals surface area contributed by atoms with Crippen molar-refractivity contribution in [2.45, 2.75) is 32.2 Å². The van der Waals surface area contributed by atoms with E-state index >= 15 is 0 Å². The third kappa shape index (κ3) is 7.82. The number of carbonyl (C=O) groups is 1. The highest BCUT2D eigenvalue weighted by atomic mass is 35.5.